The standard InChI is InChI=1S/C27H30ClN3O3/c1-3-34-27(33)24-19-25(21-8-5-4-6-9-21)31(20(24)2)13-12-26(32)30-16-14-29(15-17-30)23-11-7-10-22(28)18-23/h4-11,18-19H,3,12-17H2,1-2H3. The van der Waals surface area contributed by atoms with E-state index in [-0.39, 0.29) is 11.9 Å². The quantitative estimate of drug-likeness (QED) is 0.446. The first kappa shape index (κ1) is 23.9. The molecule has 3 aromatic rings. The summed E-state index contributed by atoms with van der Waals surface area (Å²) in [6.07, 6.45) is 0.370. The molecule has 1 aliphatic rings. The van der Waals surface area contributed by atoms with Crippen LogP contribution in [0, 0.1) is 6.92 Å². The van der Waals surface area contributed by atoms with Crippen molar-refractivity contribution in [3.63, 3.8) is 0 Å². The molecule has 0 N–H and O–H groups in total. The lowest BCUT2D eigenvalue weighted by Gasteiger charge is -2.36. The van der Waals surface area contributed by atoms with Gasteiger partial charge in [0.1, 0.15) is 0 Å². The van der Waals surface area contributed by atoms with Crippen LogP contribution in [0.4, 0.5) is 5.69 Å². The van der Waals surface area contributed by atoms with Crippen LogP contribution < -0.4 is 4.90 Å². The number of aromatic nitrogens is 1. The van der Waals surface area contributed by atoms with Crippen molar-refractivity contribution in [3.8, 4) is 11.3 Å². The molecule has 6 nitrogen and oxygen atoms in total. The van der Waals surface area contributed by atoms with Gasteiger partial charge in [-0.1, -0.05) is 48.0 Å². The fourth-order valence-corrected chi connectivity index (χ4v) is 4.63. The SMILES string of the molecule is CCOC(=O)c1cc(-c2ccccc2)n(CCC(=O)N2CCN(c3cccc(Cl)c3)CC2)c1C. The first-order valence-electron chi connectivity index (χ1n) is 11.7. The van der Waals surface area contributed by atoms with E-state index in [0.29, 0.717) is 38.2 Å². The van der Waals surface area contributed by atoms with Crippen molar-refractivity contribution in [2.75, 3.05) is 37.7 Å². The summed E-state index contributed by atoms with van der Waals surface area (Å²) in [4.78, 5) is 29.7. The second-order valence-electron chi connectivity index (χ2n) is 8.36. The Morgan fingerprint density at radius 3 is 2.38 bits per heavy atom. The van der Waals surface area contributed by atoms with Crippen LogP contribution >= 0.6 is 11.6 Å². The Labute approximate surface area is 205 Å². The van der Waals surface area contributed by atoms with Gasteiger partial charge >= 0.3 is 5.97 Å². The number of rotatable bonds is 7. The zero-order valence-electron chi connectivity index (χ0n) is 19.7. The van der Waals surface area contributed by atoms with E-state index in [2.05, 4.69) is 9.47 Å². The first-order valence-corrected chi connectivity index (χ1v) is 12.1. The Morgan fingerprint density at radius 2 is 1.71 bits per heavy atom. The molecule has 0 aliphatic carbocycles. The van der Waals surface area contributed by atoms with Crippen LogP contribution in [0.5, 0.6) is 0 Å². The highest BCUT2D eigenvalue weighted by atomic mass is 35.5. The summed E-state index contributed by atoms with van der Waals surface area (Å²) in [6, 6.07) is 19.6. The molecule has 1 aromatic heterocycles. The highest BCUT2D eigenvalue weighted by Gasteiger charge is 2.23. The normalized spacial score (nSPS) is 13.7. The molecule has 0 radical (unpaired) electrons. The molecular weight excluding hydrogens is 450 g/mol. The Hall–Kier alpha value is -3.25. The summed E-state index contributed by atoms with van der Waals surface area (Å²) in [5.74, 6) is -0.213. The fraction of sp³-hybridized carbons (Fsp3) is 0.333. The molecule has 178 valence electrons. The number of amides is 1. The molecule has 2 aromatic carbocycles. The van der Waals surface area contributed by atoms with E-state index >= 15 is 0 Å². The molecule has 0 atom stereocenters. The maximum absolute atomic E-state index is 13.1. The van der Waals surface area contributed by atoms with Gasteiger partial charge in [0.2, 0.25) is 5.91 Å². The summed E-state index contributed by atoms with van der Waals surface area (Å²) < 4.78 is 7.30. The van der Waals surface area contributed by atoms with Crippen molar-refractivity contribution in [3.05, 3.63) is 76.9 Å². The number of ether oxygens (including phenoxy) is 1. The average Bonchev–Trinajstić information content (AvgIpc) is 3.19. The van der Waals surface area contributed by atoms with Crippen LogP contribution in [0.15, 0.2) is 60.7 Å². The number of esters is 1. The molecular formula is C27H30ClN3O3. The fourth-order valence-electron chi connectivity index (χ4n) is 4.45. The molecule has 0 saturated carbocycles. The third-order valence-corrected chi connectivity index (χ3v) is 6.52. The number of carbonyl (C=O) groups excluding carboxylic acids is 2. The van der Waals surface area contributed by atoms with Crippen molar-refractivity contribution < 1.29 is 14.3 Å². The number of anilines is 1. The van der Waals surface area contributed by atoms with Crippen LogP contribution in [0.3, 0.4) is 0 Å². The van der Waals surface area contributed by atoms with E-state index in [1.165, 1.54) is 0 Å². The smallest absolute Gasteiger partial charge is 0.339 e. The number of hydrogen-bond donors (Lipinski definition) is 0. The van der Waals surface area contributed by atoms with E-state index in [9.17, 15) is 9.59 Å². The van der Waals surface area contributed by atoms with Crippen molar-refractivity contribution in [2.45, 2.75) is 26.8 Å². The summed E-state index contributed by atoms with van der Waals surface area (Å²) >= 11 is 6.13. The second kappa shape index (κ2) is 10.8. The van der Waals surface area contributed by atoms with Gasteiger partial charge in [0.15, 0.2) is 0 Å². The molecule has 1 saturated heterocycles. The van der Waals surface area contributed by atoms with Gasteiger partial charge in [-0.05, 0) is 43.7 Å². The van der Waals surface area contributed by atoms with Crippen LogP contribution in [-0.4, -0.2) is 54.1 Å². The van der Waals surface area contributed by atoms with E-state index in [1.807, 2.05) is 72.5 Å². The Kier molecular flexibility index (Phi) is 7.58. The zero-order chi connectivity index (χ0) is 24.1. The third kappa shape index (κ3) is 5.28. The molecule has 1 amide bonds. The number of hydrogen-bond acceptors (Lipinski definition) is 4. The second-order valence-corrected chi connectivity index (χ2v) is 8.80. The highest BCUT2D eigenvalue weighted by molar-refractivity contribution is 6.30. The van der Waals surface area contributed by atoms with Crippen LogP contribution in [-0.2, 0) is 16.1 Å². The lowest BCUT2D eigenvalue weighted by Crippen LogP contribution is -2.49. The maximum Gasteiger partial charge on any atom is 0.339 e. The molecule has 0 unspecified atom stereocenters. The number of benzene rings is 2. The lowest BCUT2D eigenvalue weighted by molar-refractivity contribution is -0.131. The van der Waals surface area contributed by atoms with E-state index < -0.39 is 0 Å². The minimum atomic E-state index is -0.334. The van der Waals surface area contributed by atoms with Crippen molar-refractivity contribution in [1.82, 2.24) is 9.47 Å². The van der Waals surface area contributed by atoms with Crippen LogP contribution in [0.2, 0.25) is 5.02 Å². The molecule has 2 heterocycles. The first-order chi connectivity index (χ1) is 16.5. The van der Waals surface area contributed by atoms with Gasteiger partial charge in [-0.25, -0.2) is 4.79 Å². The van der Waals surface area contributed by atoms with Gasteiger partial charge in [-0.3, -0.25) is 4.79 Å². The lowest BCUT2D eigenvalue weighted by atomic mass is 10.1. The minimum absolute atomic E-state index is 0.121. The maximum atomic E-state index is 13.1. The number of piperazine rings is 1. The Balaban J connectivity index is 1.44. The van der Waals surface area contributed by atoms with Crippen molar-refractivity contribution in [2.24, 2.45) is 0 Å². The number of nitrogens with zero attached hydrogens (tertiary/aromatic N) is 3. The molecule has 34 heavy (non-hydrogen) atoms. The molecule has 4 rings (SSSR count). The predicted octanol–water partition coefficient (Wildman–Crippen LogP) is 5.03. The average molecular weight is 480 g/mol. The summed E-state index contributed by atoms with van der Waals surface area (Å²) in [6.45, 7) is 7.44. The van der Waals surface area contributed by atoms with Gasteiger partial charge in [0.25, 0.3) is 0 Å². The van der Waals surface area contributed by atoms with Gasteiger partial charge in [-0.2, -0.15) is 0 Å². The van der Waals surface area contributed by atoms with Crippen LogP contribution in [0.25, 0.3) is 11.3 Å². The minimum Gasteiger partial charge on any atom is -0.462 e. The molecule has 7 heteroatoms. The molecule has 0 bridgehead atoms. The van der Waals surface area contributed by atoms with E-state index in [4.69, 9.17) is 16.3 Å². The monoisotopic (exact) mass is 479 g/mol. The van der Waals surface area contributed by atoms with Crippen LogP contribution in [0.1, 0.15) is 29.4 Å². The Morgan fingerprint density at radius 1 is 0.971 bits per heavy atom. The van der Waals surface area contributed by atoms with E-state index in [0.717, 1.165) is 40.8 Å². The van der Waals surface area contributed by atoms with E-state index in [1.54, 1.807) is 6.92 Å². The number of carbonyl (C=O) groups is 2. The summed E-state index contributed by atoms with van der Waals surface area (Å²) in [5.41, 5.74) is 4.36. The van der Waals surface area contributed by atoms with Crippen molar-refractivity contribution >= 4 is 29.2 Å². The Bertz CT molecular complexity index is 1150. The number of halogens is 1. The third-order valence-electron chi connectivity index (χ3n) is 6.29. The summed E-state index contributed by atoms with van der Waals surface area (Å²) in [5, 5.41) is 0.717. The predicted molar refractivity (Wildman–Crippen MR) is 135 cm³/mol. The molecule has 1 aliphatic heterocycles. The largest absolute Gasteiger partial charge is 0.462 e. The molecule has 1 fully saturated rings. The van der Waals surface area contributed by atoms with Gasteiger partial charge in [0.05, 0.1) is 12.2 Å². The van der Waals surface area contributed by atoms with Gasteiger partial charge in [-0.15, -0.1) is 0 Å². The van der Waals surface area contributed by atoms with Gasteiger partial charge in [0, 0.05) is 61.2 Å². The topological polar surface area (TPSA) is 54.8 Å². The zero-order valence-corrected chi connectivity index (χ0v) is 20.4. The molecule has 0 spiro atoms. The highest BCUT2D eigenvalue weighted by Crippen LogP contribution is 2.27. The summed E-state index contributed by atoms with van der Waals surface area (Å²) in [7, 11) is 0. The van der Waals surface area contributed by atoms with Gasteiger partial charge < -0.3 is 19.1 Å². The van der Waals surface area contributed by atoms with Crippen molar-refractivity contribution in [1.29, 1.82) is 0 Å².